The lowest BCUT2D eigenvalue weighted by Gasteiger charge is -2.21. The van der Waals surface area contributed by atoms with Gasteiger partial charge in [-0.2, -0.15) is 0 Å². The smallest absolute Gasteiger partial charge is 0.326 e. The van der Waals surface area contributed by atoms with Crippen LogP contribution < -0.4 is 15.2 Å². The first-order chi connectivity index (χ1) is 20.2. The number of ether oxygens (including phenoxy) is 1. The zero-order valence-electron chi connectivity index (χ0n) is 22.0. The van der Waals surface area contributed by atoms with Gasteiger partial charge < -0.3 is 15.2 Å². The first-order valence-corrected chi connectivity index (χ1v) is 15.1. The molecule has 4 N–H and O–H groups in total. The number of nitrogens with one attached hydrogen (secondary N) is 1. The highest BCUT2D eigenvalue weighted by Crippen LogP contribution is 2.28. The van der Waals surface area contributed by atoms with Crippen molar-refractivity contribution in [2.75, 3.05) is 0 Å². The van der Waals surface area contributed by atoms with Gasteiger partial charge in [-0.25, -0.2) is 28.0 Å². The van der Waals surface area contributed by atoms with Gasteiger partial charge in [0.25, 0.3) is 10.0 Å². The Hall–Kier alpha value is -4.66. The van der Waals surface area contributed by atoms with Crippen LogP contribution in [0.4, 0.5) is 0 Å². The molecule has 216 valence electrons. The summed E-state index contributed by atoms with van der Waals surface area (Å²) < 4.78 is 30.9. The summed E-state index contributed by atoms with van der Waals surface area (Å²) in [6, 6.07) is 21.3. The molecule has 0 aliphatic heterocycles. The predicted molar refractivity (Wildman–Crippen MR) is 154 cm³/mol. The summed E-state index contributed by atoms with van der Waals surface area (Å²) in [5, 5.41) is 26.0. The van der Waals surface area contributed by atoms with E-state index in [0.717, 1.165) is 22.5 Å². The Morgan fingerprint density at radius 1 is 1.00 bits per heavy atom. The van der Waals surface area contributed by atoms with Crippen LogP contribution in [-0.4, -0.2) is 51.4 Å². The third-order valence-corrected chi connectivity index (χ3v) is 8.66. The van der Waals surface area contributed by atoms with Crippen LogP contribution in [0.25, 0.3) is 10.2 Å². The minimum absolute atomic E-state index is 0.0117. The maximum atomic E-state index is 13.5. The van der Waals surface area contributed by atoms with Crippen LogP contribution in [0, 0.1) is 0 Å². The van der Waals surface area contributed by atoms with E-state index in [-0.39, 0.29) is 23.8 Å². The number of fused-ring (bicyclic) bond motifs is 1. The Labute approximate surface area is 244 Å². The van der Waals surface area contributed by atoms with Gasteiger partial charge in [-0.05, 0) is 29.3 Å². The second kappa shape index (κ2) is 12.5. The van der Waals surface area contributed by atoms with Gasteiger partial charge in [0.1, 0.15) is 30.1 Å². The van der Waals surface area contributed by atoms with Crippen molar-refractivity contribution >= 4 is 43.5 Å². The van der Waals surface area contributed by atoms with Crippen LogP contribution in [0.3, 0.4) is 0 Å². The fraction of sp³-hybridized carbons (Fsp3) is 0.179. The number of carboxylic acids is 1. The summed E-state index contributed by atoms with van der Waals surface area (Å²) >= 11 is 0.937. The molecule has 0 spiro atoms. The quantitative estimate of drug-likeness (QED) is 0.192. The number of sulfonamides is 1. The maximum Gasteiger partial charge on any atom is 0.326 e. The monoisotopic (exact) mass is 606 g/mol. The van der Waals surface area contributed by atoms with Gasteiger partial charge in [0.05, 0.1) is 16.4 Å². The molecular formula is C28H26N6O6S2. The molecule has 0 aliphatic rings. The van der Waals surface area contributed by atoms with Gasteiger partial charge in [-0.15, -0.1) is 16.4 Å². The lowest BCUT2D eigenvalue weighted by atomic mass is 10.0. The Balaban J connectivity index is 1.32. The molecule has 0 bridgehead atoms. The highest BCUT2D eigenvalue weighted by molar-refractivity contribution is 7.91. The predicted octanol–water partition coefficient (Wildman–Crippen LogP) is 2.71. The minimum atomic E-state index is -3.92. The van der Waals surface area contributed by atoms with Crippen molar-refractivity contribution in [1.29, 1.82) is 0 Å². The number of hydrogen-bond donors (Lipinski definition) is 3. The molecule has 0 fully saturated rings. The summed E-state index contributed by atoms with van der Waals surface area (Å²) in [5.74, 6) is -1.21. The Morgan fingerprint density at radius 2 is 1.67 bits per heavy atom. The van der Waals surface area contributed by atoms with E-state index in [2.05, 4.69) is 20.6 Å². The van der Waals surface area contributed by atoms with E-state index in [4.69, 9.17) is 9.88 Å². The molecular weight excluding hydrogens is 580 g/mol. The average Bonchev–Trinajstić information content (AvgIpc) is 3.62. The van der Waals surface area contributed by atoms with Crippen LogP contribution in [0.1, 0.15) is 22.9 Å². The van der Waals surface area contributed by atoms with Crippen molar-refractivity contribution in [3.05, 3.63) is 102 Å². The van der Waals surface area contributed by atoms with E-state index >= 15 is 0 Å². The number of nitrogens with two attached hydrogens (primary N) is 1. The van der Waals surface area contributed by atoms with E-state index in [1.807, 2.05) is 48.5 Å². The van der Waals surface area contributed by atoms with Crippen molar-refractivity contribution < 1.29 is 27.9 Å². The second-order valence-electron chi connectivity index (χ2n) is 9.43. The molecule has 0 saturated carbocycles. The molecule has 2 aromatic heterocycles. The molecule has 42 heavy (non-hydrogen) atoms. The Kier molecular flexibility index (Phi) is 8.56. The van der Waals surface area contributed by atoms with Crippen LogP contribution >= 0.6 is 11.3 Å². The summed E-state index contributed by atoms with van der Waals surface area (Å²) in [7, 11) is -3.92. The first-order valence-electron chi connectivity index (χ1n) is 12.7. The molecule has 0 saturated heterocycles. The number of carbonyl (C=O) groups excluding carboxylic acids is 1. The number of primary sulfonamides is 1. The number of aromatic nitrogens is 4. The van der Waals surface area contributed by atoms with Gasteiger partial charge in [0.15, 0.2) is 0 Å². The highest BCUT2D eigenvalue weighted by atomic mass is 32.2. The highest BCUT2D eigenvalue weighted by Gasteiger charge is 2.28. The van der Waals surface area contributed by atoms with Crippen LogP contribution in [0.15, 0.2) is 89.4 Å². The number of aliphatic carboxylic acids is 1. The minimum Gasteiger partial charge on any atom is -0.487 e. The van der Waals surface area contributed by atoms with Crippen molar-refractivity contribution in [3.63, 3.8) is 0 Å². The van der Waals surface area contributed by atoms with E-state index in [9.17, 15) is 23.1 Å². The van der Waals surface area contributed by atoms with Gasteiger partial charge in [0, 0.05) is 12.8 Å². The van der Waals surface area contributed by atoms with E-state index in [1.54, 1.807) is 36.5 Å². The number of carbonyl (C=O) groups is 2. The van der Waals surface area contributed by atoms with Crippen LogP contribution in [-0.2, 0) is 39.1 Å². The molecule has 5 aromatic rings. The van der Waals surface area contributed by atoms with Gasteiger partial charge in [-0.3, -0.25) is 4.79 Å². The molecule has 2 unspecified atom stereocenters. The molecule has 12 nitrogen and oxygen atoms in total. The number of benzene rings is 3. The molecule has 1 amide bonds. The average molecular weight is 607 g/mol. The van der Waals surface area contributed by atoms with E-state index < -0.39 is 34.0 Å². The number of nitrogens with zero attached hydrogens (tertiary/aromatic N) is 4. The molecule has 14 heteroatoms. The fourth-order valence-electron chi connectivity index (χ4n) is 4.25. The summed E-state index contributed by atoms with van der Waals surface area (Å²) in [6.07, 6.45) is 1.95. The normalized spacial score (nSPS) is 13.0. The number of hydrogen-bond acceptors (Lipinski definition) is 9. The second-order valence-corrected chi connectivity index (χ2v) is 12.2. The third kappa shape index (κ3) is 7.15. The molecule has 5 rings (SSSR count). The van der Waals surface area contributed by atoms with Gasteiger partial charge in [-0.1, -0.05) is 65.9 Å². The van der Waals surface area contributed by atoms with Gasteiger partial charge >= 0.3 is 5.97 Å². The van der Waals surface area contributed by atoms with Crippen molar-refractivity contribution in [3.8, 4) is 5.75 Å². The fourth-order valence-corrected chi connectivity index (χ4v) is 5.93. The van der Waals surface area contributed by atoms with Crippen molar-refractivity contribution in [2.24, 2.45) is 5.14 Å². The SMILES string of the molecule is NS(=O)(=O)c1nc2ccc(OCc3cn(C(Cc4ccccc4)C(=O)NC(Cc4ccccc4)C(=O)O)nn3)cc2s1. The molecule has 2 atom stereocenters. The molecule has 0 radical (unpaired) electrons. The van der Waals surface area contributed by atoms with E-state index in [0.29, 0.717) is 21.7 Å². The van der Waals surface area contributed by atoms with E-state index in [1.165, 1.54) is 4.68 Å². The van der Waals surface area contributed by atoms with Crippen molar-refractivity contribution in [1.82, 2.24) is 25.3 Å². The zero-order valence-corrected chi connectivity index (χ0v) is 23.7. The standard InChI is InChI=1S/C28H26N6O6S2/c29-42(38,39)28-31-22-12-11-21(15-25(22)41-28)40-17-20-16-34(33-32-20)24(14-19-9-5-2-6-10-19)26(35)30-23(27(36)37)13-18-7-3-1-4-8-18/h1-12,15-16,23-24H,13-14,17H2,(H,30,35)(H,36,37)(H2,29,38,39). The lowest BCUT2D eigenvalue weighted by molar-refractivity contribution is -0.142. The zero-order chi connectivity index (χ0) is 29.7. The molecule has 0 aliphatic carbocycles. The number of thiazole rings is 1. The lowest BCUT2D eigenvalue weighted by Crippen LogP contribution is -2.46. The Morgan fingerprint density at radius 3 is 2.31 bits per heavy atom. The van der Waals surface area contributed by atoms with Crippen molar-refractivity contribution in [2.45, 2.75) is 35.9 Å². The number of rotatable bonds is 12. The molecule has 2 heterocycles. The molecule has 3 aromatic carbocycles. The topological polar surface area (TPSA) is 179 Å². The number of amides is 1. The summed E-state index contributed by atoms with van der Waals surface area (Å²) in [6.45, 7) is 0.0117. The Bertz CT molecular complexity index is 1810. The summed E-state index contributed by atoms with van der Waals surface area (Å²) in [5.41, 5.74) is 2.54. The van der Waals surface area contributed by atoms with Crippen LogP contribution in [0.2, 0.25) is 0 Å². The maximum absolute atomic E-state index is 13.5. The number of carboxylic acid groups (broad SMARTS) is 1. The van der Waals surface area contributed by atoms with Gasteiger partial charge in [0.2, 0.25) is 10.2 Å². The first kappa shape index (κ1) is 28.9. The largest absolute Gasteiger partial charge is 0.487 e. The van der Waals surface area contributed by atoms with Crippen LogP contribution in [0.5, 0.6) is 5.75 Å². The summed E-state index contributed by atoms with van der Waals surface area (Å²) in [4.78, 5) is 29.5. The third-order valence-electron chi connectivity index (χ3n) is 6.32.